The lowest BCUT2D eigenvalue weighted by atomic mass is 9.59. The molecule has 4 saturated carbocycles. The zero-order valence-corrected chi connectivity index (χ0v) is 14.3. The third kappa shape index (κ3) is 1.41. The Hall–Kier alpha value is -1.40. The Labute approximate surface area is 145 Å². The maximum Gasteiger partial charge on any atom is 0.315 e. The Kier molecular flexibility index (Phi) is 2.61. The molecular weight excluding hydrogens is 324 g/mol. The summed E-state index contributed by atoms with van der Waals surface area (Å²) in [7, 11) is 0. The zero-order chi connectivity index (χ0) is 18.0. The molecule has 1 saturated heterocycles. The molecule has 1 heterocycles. The summed E-state index contributed by atoms with van der Waals surface area (Å²) in [5.41, 5.74) is -2.93. The molecule has 5 fully saturated rings. The fourth-order valence-corrected chi connectivity index (χ4v) is 7.65. The minimum absolute atomic E-state index is 0.0936. The van der Waals surface area contributed by atoms with Gasteiger partial charge in [-0.05, 0) is 56.4 Å². The summed E-state index contributed by atoms with van der Waals surface area (Å²) in [5, 5.41) is 31.7. The fraction of sp³-hybridized carbons (Fsp3) is 0.789. The van der Waals surface area contributed by atoms with Crippen LogP contribution in [0.4, 0.5) is 0 Å². The molecule has 5 aliphatic rings. The summed E-state index contributed by atoms with van der Waals surface area (Å²) in [6.07, 6.45) is 2.08. The van der Waals surface area contributed by atoms with E-state index in [9.17, 15) is 24.9 Å². The summed E-state index contributed by atoms with van der Waals surface area (Å²) in [6, 6.07) is 0. The Morgan fingerprint density at radius 3 is 2.72 bits per heavy atom. The summed E-state index contributed by atoms with van der Waals surface area (Å²) in [6.45, 7) is 5.71. The highest BCUT2D eigenvalue weighted by Gasteiger charge is 2.84. The number of ether oxygens (including phenoxy) is 1. The van der Waals surface area contributed by atoms with Crippen LogP contribution in [0.1, 0.15) is 45.4 Å². The van der Waals surface area contributed by atoms with Crippen molar-refractivity contribution < 1.29 is 29.6 Å². The predicted molar refractivity (Wildman–Crippen MR) is 85.3 cm³/mol. The van der Waals surface area contributed by atoms with E-state index in [2.05, 4.69) is 6.58 Å². The highest BCUT2D eigenvalue weighted by molar-refractivity contribution is 5.85. The molecule has 0 unspecified atom stereocenters. The lowest BCUT2D eigenvalue weighted by Gasteiger charge is -2.45. The minimum atomic E-state index is -1.19. The van der Waals surface area contributed by atoms with Gasteiger partial charge in [0, 0.05) is 11.8 Å². The molecule has 0 amide bonds. The van der Waals surface area contributed by atoms with Crippen LogP contribution in [0.5, 0.6) is 0 Å². The van der Waals surface area contributed by atoms with Gasteiger partial charge in [-0.2, -0.15) is 0 Å². The quantitative estimate of drug-likeness (QED) is 0.487. The lowest BCUT2D eigenvalue weighted by molar-refractivity contribution is -0.164. The second kappa shape index (κ2) is 4.12. The molecule has 6 heteroatoms. The van der Waals surface area contributed by atoms with Crippen LogP contribution in [0.15, 0.2) is 12.2 Å². The van der Waals surface area contributed by atoms with Gasteiger partial charge in [0.05, 0.1) is 23.0 Å². The van der Waals surface area contributed by atoms with Gasteiger partial charge < -0.3 is 20.1 Å². The van der Waals surface area contributed by atoms with E-state index in [-0.39, 0.29) is 5.92 Å². The molecule has 0 aromatic rings. The first-order chi connectivity index (χ1) is 11.6. The van der Waals surface area contributed by atoms with Crippen LogP contribution in [0, 0.1) is 28.6 Å². The Morgan fingerprint density at radius 1 is 1.32 bits per heavy atom. The molecule has 0 aromatic carbocycles. The highest BCUT2D eigenvalue weighted by atomic mass is 16.6. The third-order valence-electron chi connectivity index (χ3n) is 8.57. The number of esters is 1. The van der Waals surface area contributed by atoms with Crippen LogP contribution in [-0.2, 0) is 14.3 Å². The van der Waals surface area contributed by atoms with E-state index in [1.165, 1.54) is 0 Å². The van der Waals surface area contributed by atoms with E-state index < -0.39 is 51.9 Å². The molecule has 25 heavy (non-hydrogen) atoms. The van der Waals surface area contributed by atoms with E-state index in [0.717, 1.165) is 0 Å². The summed E-state index contributed by atoms with van der Waals surface area (Å²) in [5.74, 6) is -2.86. The summed E-state index contributed by atoms with van der Waals surface area (Å²) < 4.78 is 5.96. The number of hydrogen-bond donors (Lipinski definition) is 3. The molecule has 0 radical (unpaired) electrons. The maximum atomic E-state index is 12.7. The second-order valence-corrected chi connectivity index (χ2v) is 9.29. The number of aliphatic hydroxyl groups excluding tert-OH is 1. The maximum absolute atomic E-state index is 12.7. The summed E-state index contributed by atoms with van der Waals surface area (Å²) >= 11 is 0. The van der Waals surface area contributed by atoms with E-state index in [0.29, 0.717) is 44.1 Å². The molecular formula is C19H24O6. The van der Waals surface area contributed by atoms with Gasteiger partial charge in [0.2, 0.25) is 0 Å². The van der Waals surface area contributed by atoms with Gasteiger partial charge in [-0.1, -0.05) is 6.58 Å². The van der Waals surface area contributed by atoms with E-state index in [4.69, 9.17) is 4.74 Å². The van der Waals surface area contributed by atoms with Crippen molar-refractivity contribution in [3.8, 4) is 0 Å². The Bertz CT molecular complexity index is 731. The largest absolute Gasteiger partial charge is 0.481 e. The fourth-order valence-electron chi connectivity index (χ4n) is 7.65. The normalized spacial score (nSPS) is 58.7. The molecule has 5 rings (SSSR count). The average Bonchev–Trinajstić information content (AvgIpc) is 2.95. The van der Waals surface area contributed by atoms with Gasteiger partial charge in [0.15, 0.2) is 0 Å². The van der Waals surface area contributed by atoms with Crippen molar-refractivity contribution in [1.29, 1.82) is 0 Å². The van der Waals surface area contributed by atoms with Crippen LogP contribution in [0.25, 0.3) is 0 Å². The van der Waals surface area contributed by atoms with Crippen molar-refractivity contribution in [3.63, 3.8) is 0 Å². The van der Waals surface area contributed by atoms with Gasteiger partial charge >= 0.3 is 11.9 Å². The van der Waals surface area contributed by atoms with Crippen LogP contribution in [0.2, 0.25) is 0 Å². The van der Waals surface area contributed by atoms with E-state index in [1.54, 1.807) is 6.92 Å². The number of carbonyl (C=O) groups excluding carboxylic acids is 1. The van der Waals surface area contributed by atoms with Crippen molar-refractivity contribution in [2.75, 3.05) is 0 Å². The number of rotatable bonds is 1. The molecule has 4 aliphatic carbocycles. The lowest BCUT2D eigenvalue weighted by Crippen LogP contribution is -2.53. The number of carboxylic acid groups (broad SMARTS) is 1. The van der Waals surface area contributed by atoms with E-state index >= 15 is 0 Å². The molecule has 1 aliphatic heterocycles. The van der Waals surface area contributed by atoms with Crippen LogP contribution in [0.3, 0.4) is 0 Å². The van der Waals surface area contributed by atoms with Gasteiger partial charge in [-0.25, -0.2) is 0 Å². The molecule has 136 valence electrons. The van der Waals surface area contributed by atoms with E-state index in [1.807, 2.05) is 0 Å². The highest BCUT2D eigenvalue weighted by Crippen LogP contribution is 2.78. The Morgan fingerprint density at radius 2 is 2.04 bits per heavy atom. The third-order valence-corrected chi connectivity index (χ3v) is 8.57. The molecule has 1 spiro atoms. The topological polar surface area (TPSA) is 104 Å². The van der Waals surface area contributed by atoms with Gasteiger partial charge in [0.1, 0.15) is 5.60 Å². The summed E-state index contributed by atoms with van der Waals surface area (Å²) in [4.78, 5) is 25.1. The molecule has 8 atom stereocenters. The first-order valence-corrected chi connectivity index (χ1v) is 9.17. The van der Waals surface area contributed by atoms with Crippen molar-refractivity contribution in [2.24, 2.45) is 28.6 Å². The number of aliphatic carboxylic acids is 1. The number of carbonyl (C=O) groups is 2. The number of hydrogen-bond acceptors (Lipinski definition) is 5. The number of carboxylic acids is 1. The first kappa shape index (κ1) is 15.8. The smallest absolute Gasteiger partial charge is 0.315 e. The zero-order valence-electron chi connectivity index (χ0n) is 14.3. The molecule has 0 aromatic heterocycles. The minimum Gasteiger partial charge on any atom is -0.481 e. The second-order valence-electron chi connectivity index (χ2n) is 9.29. The van der Waals surface area contributed by atoms with Crippen LogP contribution < -0.4 is 0 Å². The molecule has 4 bridgehead atoms. The van der Waals surface area contributed by atoms with Gasteiger partial charge in [-0.3, -0.25) is 9.59 Å². The van der Waals surface area contributed by atoms with Crippen LogP contribution >= 0.6 is 0 Å². The van der Waals surface area contributed by atoms with Gasteiger partial charge in [0.25, 0.3) is 0 Å². The standard InChI is InChI=1S/C19H24O6/c1-9-7-17-8-18(9,24)5-3-10(17)19-6-4-11(20)16(2,15(23)25-19)13(19)12(17)14(21)22/h10-13,20,24H,1,3-8H2,2H3,(H,21,22)/t10-,11+,12-,13-,16+,17+,18+,19-/m1/s1. The average molecular weight is 348 g/mol. The van der Waals surface area contributed by atoms with Crippen molar-refractivity contribution in [3.05, 3.63) is 12.2 Å². The van der Waals surface area contributed by atoms with Gasteiger partial charge in [-0.15, -0.1) is 0 Å². The van der Waals surface area contributed by atoms with Crippen molar-refractivity contribution in [2.45, 2.75) is 62.8 Å². The van der Waals surface area contributed by atoms with Crippen molar-refractivity contribution >= 4 is 11.9 Å². The SMILES string of the molecule is C=C1C[C@]23C[C@@]1(O)CC[C@H]2[C@@]12CC[C@H](O)[C@](C)(C(=O)O1)[C@H]2[C@@H]3C(=O)O. The molecule has 6 nitrogen and oxygen atoms in total. The Balaban J connectivity index is 1.76. The molecule has 3 N–H and O–H groups in total. The predicted octanol–water partition coefficient (Wildman–Crippen LogP) is 1.25. The number of aliphatic hydroxyl groups is 2. The first-order valence-electron chi connectivity index (χ1n) is 9.17. The monoisotopic (exact) mass is 348 g/mol. The van der Waals surface area contributed by atoms with Crippen LogP contribution in [-0.4, -0.2) is 44.6 Å². The van der Waals surface area contributed by atoms with Crippen molar-refractivity contribution in [1.82, 2.24) is 0 Å². The number of fused-ring (bicyclic) bond motifs is 1.